The van der Waals surface area contributed by atoms with Crippen LogP contribution in [-0.4, -0.2) is 5.91 Å². The molecule has 2 aromatic rings. The molecule has 122 valence electrons. The topological polar surface area (TPSA) is 29.1 Å². The highest BCUT2D eigenvalue weighted by Gasteiger charge is 2.33. The molecule has 0 spiro atoms. The molecule has 0 aliphatic heterocycles. The van der Waals surface area contributed by atoms with Crippen LogP contribution in [0.2, 0.25) is 5.02 Å². The number of halogens is 4. The smallest absolute Gasteiger partial charge is 0.326 e. The number of amides is 1. The number of carbonyl (C=O) groups is 1. The molecule has 0 aromatic heterocycles. The average Bonchev–Trinajstić information content (AvgIpc) is 2.50. The van der Waals surface area contributed by atoms with Crippen LogP contribution in [0.25, 0.3) is 0 Å². The van der Waals surface area contributed by atoms with Crippen molar-refractivity contribution in [1.29, 1.82) is 0 Å². The second kappa shape index (κ2) is 7.04. The van der Waals surface area contributed by atoms with Crippen LogP contribution in [-0.2, 0) is 11.0 Å². The average molecular weight is 342 g/mol. The minimum absolute atomic E-state index is 0.0705. The van der Waals surface area contributed by atoms with Gasteiger partial charge < -0.3 is 5.32 Å². The first-order valence-corrected chi connectivity index (χ1v) is 7.43. The molecular weight excluding hydrogens is 327 g/mol. The lowest BCUT2D eigenvalue weighted by atomic mass is 9.95. The second-order valence-electron chi connectivity index (χ2n) is 5.05. The Bertz CT molecular complexity index is 686. The van der Waals surface area contributed by atoms with Crippen molar-refractivity contribution in [2.45, 2.75) is 25.4 Å². The molecule has 0 heterocycles. The van der Waals surface area contributed by atoms with Crippen LogP contribution in [0.5, 0.6) is 0 Å². The first-order chi connectivity index (χ1) is 10.8. The number of anilines is 1. The molecule has 0 aliphatic carbocycles. The van der Waals surface area contributed by atoms with Crippen molar-refractivity contribution in [3.8, 4) is 0 Å². The Hall–Kier alpha value is -2.01. The number of nitrogens with one attached hydrogen (secondary N) is 1. The predicted molar refractivity (Wildman–Crippen MR) is 84.6 cm³/mol. The van der Waals surface area contributed by atoms with Crippen LogP contribution >= 0.6 is 11.6 Å². The van der Waals surface area contributed by atoms with E-state index in [9.17, 15) is 18.0 Å². The number of benzene rings is 2. The molecule has 0 bridgehead atoms. The maximum absolute atomic E-state index is 12.9. The van der Waals surface area contributed by atoms with Crippen LogP contribution < -0.4 is 5.32 Å². The third-order valence-electron chi connectivity index (χ3n) is 3.47. The highest BCUT2D eigenvalue weighted by atomic mass is 35.5. The summed E-state index contributed by atoms with van der Waals surface area (Å²) in [6.45, 7) is 1.85. The molecule has 2 aromatic carbocycles. The molecule has 1 unspecified atom stereocenters. The number of hydrogen-bond donors (Lipinski definition) is 1. The van der Waals surface area contributed by atoms with Crippen LogP contribution in [0.3, 0.4) is 0 Å². The summed E-state index contributed by atoms with van der Waals surface area (Å²) in [5, 5.41) is 2.14. The molecule has 1 atom stereocenters. The standard InChI is InChI=1S/C17H15ClF3NO/c1-2-13(11-6-4-3-5-7-11)16(23)22-12-8-9-15(18)14(10-12)17(19,20)21/h3-10,13H,2H2,1H3,(H,22,23). The van der Waals surface area contributed by atoms with Gasteiger partial charge in [-0.15, -0.1) is 0 Å². The number of carbonyl (C=O) groups excluding carboxylic acids is 1. The van der Waals surface area contributed by atoms with Crippen molar-refractivity contribution in [2.24, 2.45) is 0 Å². The van der Waals surface area contributed by atoms with Crippen molar-refractivity contribution in [1.82, 2.24) is 0 Å². The third kappa shape index (κ3) is 4.26. The van der Waals surface area contributed by atoms with Crippen molar-refractivity contribution < 1.29 is 18.0 Å². The number of alkyl halides is 3. The summed E-state index contributed by atoms with van der Waals surface area (Å²) in [4.78, 5) is 12.4. The van der Waals surface area contributed by atoms with E-state index in [2.05, 4.69) is 5.32 Å². The zero-order valence-corrected chi connectivity index (χ0v) is 13.1. The van der Waals surface area contributed by atoms with E-state index >= 15 is 0 Å². The fourth-order valence-electron chi connectivity index (χ4n) is 2.31. The Kier molecular flexibility index (Phi) is 5.31. The Balaban J connectivity index is 2.23. The summed E-state index contributed by atoms with van der Waals surface area (Å²) in [6.07, 6.45) is -4.03. The molecule has 0 saturated heterocycles. The van der Waals surface area contributed by atoms with E-state index in [1.165, 1.54) is 6.07 Å². The van der Waals surface area contributed by atoms with E-state index in [1.807, 2.05) is 37.3 Å². The summed E-state index contributed by atoms with van der Waals surface area (Å²) < 4.78 is 38.6. The quantitative estimate of drug-likeness (QED) is 0.782. The van der Waals surface area contributed by atoms with E-state index in [-0.39, 0.29) is 11.6 Å². The van der Waals surface area contributed by atoms with Crippen LogP contribution in [0.1, 0.15) is 30.4 Å². The Morgan fingerprint density at radius 3 is 2.39 bits per heavy atom. The van der Waals surface area contributed by atoms with Crippen molar-refractivity contribution in [2.75, 3.05) is 5.32 Å². The first kappa shape index (κ1) is 17.3. The van der Waals surface area contributed by atoms with Crippen LogP contribution in [0.4, 0.5) is 18.9 Å². The highest BCUT2D eigenvalue weighted by Crippen LogP contribution is 2.36. The van der Waals surface area contributed by atoms with Gasteiger partial charge in [-0.05, 0) is 30.2 Å². The molecule has 0 aliphatic rings. The molecule has 23 heavy (non-hydrogen) atoms. The van der Waals surface area contributed by atoms with Gasteiger partial charge in [-0.2, -0.15) is 13.2 Å². The maximum Gasteiger partial charge on any atom is 0.417 e. The van der Waals surface area contributed by atoms with E-state index in [4.69, 9.17) is 11.6 Å². The summed E-state index contributed by atoms with van der Waals surface area (Å²) in [7, 11) is 0. The van der Waals surface area contributed by atoms with Crippen molar-refractivity contribution in [3.05, 3.63) is 64.7 Å². The number of rotatable bonds is 4. The van der Waals surface area contributed by atoms with Crippen molar-refractivity contribution >= 4 is 23.2 Å². The number of hydrogen-bond acceptors (Lipinski definition) is 1. The minimum atomic E-state index is -4.57. The minimum Gasteiger partial charge on any atom is -0.326 e. The zero-order chi connectivity index (χ0) is 17.0. The monoisotopic (exact) mass is 341 g/mol. The van der Waals surface area contributed by atoms with Gasteiger partial charge in [0.1, 0.15) is 0 Å². The van der Waals surface area contributed by atoms with Crippen molar-refractivity contribution in [3.63, 3.8) is 0 Å². The van der Waals surface area contributed by atoms with Gasteiger partial charge in [0.2, 0.25) is 5.91 Å². The molecule has 2 rings (SSSR count). The Morgan fingerprint density at radius 2 is 1.83 bits per heavy atom. The molecule has 0 saturated carbocycles. The van der Waals surface area contributed by atoms with E-state index in [0.717, 1.165) is 17.7 Å². The van der Waals surface area contributed by atoms with E-state index in [0.29, 0.717) is 6.42 Å². The van der Waals surface area contributed by atoms with Gasteiger partial charge >= 0.3 is 6.18 Å². The van der Waals surface area contributed by atoms with Crippen LogP contribution in [0.15, 0.2) is 48.5 Å². The maximum atomic E-state index is 12.9. The van der Waals surface area contributed by atoms with E-state index in [1.54, 1.807) is 0 Å². The molecule has 2 nitrogen and oxygen atoms in total. The first-order valence-electron chi connectivity index (χ1n) is 7.05. The Morgan fingerprint density at radius 1 is 1.17 bits per heavy atom. The van der Waals surface area contributed by atoms with Gasteiger partial charge in [-0.25, -0.2) is 0 Å². The van der Waals surface area contributed by atoms with Gasteiger partial charge in [0.25, 0.3) is 0 Å². The normalized spacial score (nSPS) is 12.7. The highest BCUT2D eigenvalue weighted by molar-refractivity contribution is 6.31. The lowest BCUT2D eigenvalue weighted by molar-refractivity contribution is -0.137. The summed E-state index contributed by atoms with van der Waals surface area (Å²) >= 11 is 5.57. The molecule has 0 fully saturated rings. The Labute approximate surface area is 137 Å². The lowest BCUT2D eigenvalue weighted by Gasteiger charge is -2.16. The zero-order valence-electron chi connectivity index (χ0n) is 12.3. The van der Waals surface area contributed by atoms with Gasteiger partial charge in [-0.1, -0.05) is 48.9 Å². The fraction of sp³-hybridized carbons (Fsp3) is 0.235. The second-order valence-corrected chi connectivity index (χ2v) is 5.46. The predicted octanol–water partition coefficient (Wildman–Crippen LogP) is 5.49. The van der Waals surface area contributed by atoms with Crippen LogP contribution in [0, 0.1) is 0 Å². The molecule has 0 radical (unpaired) electrons. The summed E-state index contributed by atoms with van der Waals surface area (Å²) in [5.74, 6) is -0.782. The van der Waals surface area contributed by atoms with Gasteiger partial charge in [0.15, 0.2) is 0 Å². The molecule has 1 N–H and O–H groups in total. The fourth-order valence-corrected chi connectivity index (χ4v) is 2.53. The third-order valence-corrected chi connectivity index (χ3v) is 3.80. The van der Waals surface area contributed by atoms with Gasteiger partial charge in [0.05, 0.1) is 16.5 Å². The molecular formula is C17H15ClF3NO. The lowest BCUT2D eigenvalue weighted by Crippen LogP contribution is -2.21. The van der Waals surface area contributed by atoms with Gasteiger partial charge in [0, 0.05) is 5.69 Å². The summed E-state index contributed by atoms with van der Waals surface area (Å²) in [6, 6.07) is 12.4. The summed E-state index contributed by atoms with van der Waals surface area (Å²) in [5.41, 5.74) is -0.0802. The molecule has 6 heteroatoms. The van der Waals surface area contributed by atoms with E-state index < -0.39 is 22.7 Å². The largest absolute Gasteiger partial charge is 0.417 e. The van der Waals surface area contributed by atoms with Gasteiger partial charge in [-0.3, -0.25) is 4.79 Å². The molecule has 1 amide bonds. The SMILES string of the molecule is CCC(C(=O)Nc1ccc(Cl)c(C(F)(F)F)c1)c1ccccc1.